The molecular weight excluding hydrogens is 746 g/mol. The monoisotopic (exact) mass is 785 g/mol. The van der Waals surface area contributed by atoms with E-state index < -0.39 is 0 Å². The maximum Gasteiger partial charge on any atom is -1.00 e. The molecule has 0 spiro atoms. The molecular formula is C39H39Cl2HfN2. The number of rotatable bonds is 9. The number of halogens is 2. The molecule has 0 amide bonds. The smallest absolute Gasteiger partial charge is 1.00 e. The van der Waals surface area contributed by atoms with Gasteiger partial charge in [-0.1, -0.05) is 0 Å². The van der Waals surface area contributed by atoms with E-state index in [1.807, 2.05) is 0 Å². The minimum absolute atomic E-state index is 0. The van der Waals surface area contributed by atoms with Crippen LogP contribution >= 0.6 is 0 Å². The minimum Gasteiger partial charge on any atom is -1.00 e. The zero-order valence-electron chi connectivity index (χ0n) is 26.0. The Morgan fingerprint density at radius 3 is 1.80 bits per heavy atom. The Balaban J connectivity index is 0.00000221. The maximum absolute atomic E-state index is 2.59. The van der Waals surface area contributed by atoms with E-state index in [0.29, 0.717) is 0 Å². The number of hydrogen-bond donors (Lipinski definition) is 0. The molecule has 0 atom stereocenters. The van der Waals surface area contributed by atoms with Gasteiger partial charge in [0.2, 0.25) is 0 Å². The van der Waals surface area contributed by atoms with Crippen LogP contribution < -0.4 is 45.1 Å². The average molecular weight is 785 g/mol. The minimum atomic E-state index is 0. The number of nitrogens with zero attached hydrogens (tertiary/aromatic N) is 2. The standard InChI is InChI=1S/C39H39N2.2ClH.Hf/c1-5-40(6-2)32-23-24-33-31(25-32)26-35-34(33)27-36(39(41(7-3)8-4)38(35)30-21-15-16-22-30)37(28-17-11-9-12-18-28)29-19-13-10-14-20-29;;;/h9-21,23-25,27H,5-8,22H2,1-4H3;2*1H;/q;;;+2/p-2. The van der Waals surface area contributed by atoms with Crippen LogP contribution in [-0.4, -0.2) is 26.2 Å². The molecule has 2 aliphatic carbocycles. The summed E-state index contributed by atoms with van der Waals surface area (Å²) in [6.45, 7) is 13.1. The maximum atomic E-state index is 2.59. The molecule has 5 heteroatoms. The largest absolute Gasteiger partial charge is 1.00 e. The molecule has 223 valence electrons. The van der Waals surface area contributed by atoms with E-state index >= 15 is 0 Å². The summed E-state index contributed by atoms with van der Waals surface area (Å²) in [7, 11) is 0. The summed E-state index contributed by atoms with van der Waals surface area (Å²) in [5.74, 6) is 0. The van der Waals surface area contributed by atoms with E-state index in [1.165, 1.54) is 69.7 Å². The molecule has 4 aromatic rings. The molecule has 2 aliphatic rings. The van der Waals surface area contributed by atoms with Gasteiger partial charge >= 0.3 is 267 Å². The number of fused-ring (bicyclic) bond motifs is 3. The Hall–Kier alpha value is -2.85. The van der Waals surface area contributed by atoms with Crippen LogP contribution in [0.5, 0.6) is 0 Å². The first-order valence-corrected chi connectivity index (χ1v) is 17.2. The van der Waals surface area contributed by atoms with Crippen molar-refractivity contribution in [1.82, 2.24) is 0 Å². The third-order valence-corrected chi connectivity index (χ3v) is 10.7. The van der Waals surface area contributed by atoms with Gasteiger partial charge in [0.05, 0.1) is 0 Å². The van der Waals surface area contributed by atoms with Crippen LogP contribution in [0.15, 0.2) is 103 Å². The first-order valence-electron chi connectivity index (χ1n) is 15.4. The van der Waals surface area contributed by atoms with Gasteiger partial charge in [-0.3, -0.25) is 0 Å². The molecule has 0 bridgehead atoms. The molecule has 6 rings (SSSR count). The van der Waals surface area contributed by atoms with Gasteiger partial charge in [-0.05, 0) is 0 Å². The van der Waals surface area contributed by atoms with Crippen LogP contribution in [-0.2, 0) is 24.4 Å². The van der Waals surface area contributed by atoms with E-state index in [-0.39, 0.29) is 24.8 Å². The fourth-order valence-electron chi connectivity index (χ4n) is 6.73. The molecule has 0 saturated heterocycles. The van der Waals surface area contributed by atoms with E-state index in [1.54, 1.807) is 0 Å². The van der Waals surface area contributed by atoms with Crippen LogP contribution in [0.1, 0.15) is 56.4 Å². The summed E-state index contributed by atoms with van der Waals surface area (Å²) in [6.07, 6.45) is 7.89. The van der Waals surface area contributed by atoms with Gasteiger partial charge < -0.3 is 24.8 Å². The van der Waals surface area contributed by atoms with Gasteiger partial charge in [0.15, 0.2) is 0 Å². The van der Waals surface area contributed by atoms with Crippen molar-refractivity contribution in [2.75, 3.05) is 36.0 Å². The molecule has 2 nitrogen and oxygen atoms in total. The third kappa shape index (κ3) is 6.04. The SMILES string of the molecule is CCN(CC)c1ccc2c(c1)[C]([Hf+2])=c1c-2cc(=C(c2ccccc2)c2ccccc2)c(N(CC)CC)c1C1=CC=CC1.[Cl-].[Cl-]. The van der Waals surface area contributed by atoms with Crippen LogP contribution in [0, 0.1) is 0 Å². The van der Waals surface area contributed by atoms with Crippen molar-refractivity contribution in [3.8, 4) is 11.1 Å². The van der Waals surface area contributed by atoms with Gasteiger partial charge in [0, 0.05) is 0 Å². The van der Waals surface area contributed by atoms with Gasteiger partial charge in [0.25, 0.3) is 0 Å². The van der Waals surface area contributed by atoms with E-state index in [9.17, 15) is 0 Å². The molecule has 44 heavy (non-hydrogen) atoms. The fraction of sp³-hybridized carbons (Fsp3) is 0.231. The number of benzene rings is 4. The second kappa shape index (κ2) is 15.0. The van der Waals surface area contributed by atoms with Crippen molar-refractivity contribution >= 4 is 25.9 Å². The normalized spacial score (nSPS) is 12.6. The van der Waals surface area contributed by atoms with Crippen molar-refractivity contribution in [2.45, 2.75) is 34.1 Å². The van der Waals surface area contributed by atoms with Crippen LogP contribution in [0.2, 0.25) is 0 Å². The Labute approximate surface area is 290 Å². The van der Waals surface area contributed by atoms with E-state index in [0.717, 1.165) is 57.0 Å². The van der Waals surface area contributed by atoms with Crippen molar-refractivity contribution in [3.05, 3.63) is 136 Å². The van der Waals surface area contributed by atoms with Crippen molar-refractivity contribution in [1.29, 1.82) is 0 Å². The quantitative estimate of drug-likeness (QED) is 0.239. The summed E-state index contributed by atoms with van der Waals surface area (Å²) in [5.41, 5.74) is 13.6. The topological polar surface area (TPSA) is 6.48 Å². The van der Waals surface area contributed by atoms with Crippen molar-refractivity contribution < 1.29 is 49.2 Å². The Morgan fingerprint density at radius 2 is 1.27 bits per heavy atom. The Kier molecular flexibility index (Phi) is 11.6. The first-order chi connectivity index (χ1) is 20.6. The van der Waals surface area contributed by atoms with E-state index in [2.05, 4.69) is 141 Å². The summed E-state index contributed by atoms with van der Waals surface area (Å²) in [4.78, 5) is 5.06. The molecule has 0 saturated carbocycles. The van der Waals surface area contributed by atoms with Gasteiger partial charge in [-0.25, -0.2) is 0 Å². The molecule has 4 aromatic carbocycles. The number of hydrogen-bond acceptors (Lipinski definition) is 2. The number of allylic oxidation sites excluding steroid dienone is 4. The number of anilines is 2. The van der Waals surface area contributed by atoms with Crippen LogP contribution in [0.4, 0.5) is 11.4 Å². The predicted molar refractivity (Wildman–Crippen MR) is 177 cm³/mol. The van der Waals surface area contributed by atoms with Crippen LogP contribution in [0.3, 0.4) is 0 Å². The summed E-state index contributed by atoms with van der Waals surface area (Å²) in [5, 5.41) is 2.79. The fourth-order valence-corrected chi connectivity index (χ4v) is 8.41. The molecule has 0 aromatic heterocycles. The van der Waals surface area contributed by atoms with Gasteiger partial charge in [0.1, 0.15) is 0 Å². The molecule has 0 N–H and O–H groups in total. The van der Waals surface area contributed by atoms with Crippen molar-refractivity contribution in [2.24, 2.45) is 0 Å². The van der Waals surface area contributed by atoms with Gasteiger partial charge in [-0.2, -0.15) is 0 Å². The summed E-state index contributed by atoms with van der Waals surface area (Å²) < 4.78 is 1.53. The zero-order chi connectivity index (χ0) is 29.2. The second-order valence-electron chi connectivity index (χ2n) is 11.0. The molecule has 0 heterocycles. The zero-order valence-corrected chi connectivity index (χ0v) is 31.1. The Morgan fingerprint density at radius 1 is 0.682 bits per heavy atom. The summed E-state index contributed by atoms with van der Waals surface area (Å²) in [6, 6.07) is 31.7. The molecule has 0 radical (unpaired) electrons. The summed E-state index contributed by atoms with van der Waals surface area (Å²) >= 11 is 0.990. The second-order valence-corrected chi connectivity index (χ2v) is 12.7. The molecule has 0 aliphatic heterocycles. The molecule has 0 fully saturated rings. The molecule has 0 unspecified atom stereocenters. The van der Waals surface area contributed by atoms with Crippen molar-refractivity contribution in [3.63, 3.8) is 0 Å². The third-order valence-electron chi connectivity index (χ3n) is 8.81. The average Bonchev–Trinajstić information content (AvgIpc) is 3.67. The van der Waals surface area contributed by atoms with E-state index in [4.69, 9.17) is 0 Å². The van der Waals surface area contributed by atoms with Crippen LogP contribution in [0.25, 0.3) is 25.6 Å². The first kappa shape index (κ1) is 34.0. The Bertz CT molecular complexity index is 1760. The predicted octanol–water partition coefficient (Wildman–Crippen LogP) is 1.66. The van der Waals surface area contributed by atoms with Gasteiger partial charge in [-0.15, -0.1) is 0 Å².